The largest absolute Gasteiger partial charge is 0.496 e. The minimum atomic E-state index is -0.0834. The van der Waals surface area contributed by atoms with Crippen molar-refractivity contribution < 1.29 is 13.9 Å². The number of methoxy groups -OCH3 is 1. The van der Waals surface area contributed by atoms with Gasteiger partial charge in [-0.05, 0) is 37.1 Å². The Bertz CT molecular complexity index is 828. The van der Waals surface area contributed by atoms with Crippen molar-refractivity contribution >= 4 is 16.8 Å². The van der Waals surface area contributed by atoms with Gasteiger partial charge in [-0.1, -0.05) is 24.3 Å². The number of aryl methyl sites for hydroxylation is 1. The highest BCUT2D eigenvalue weighted by Crippen LogP contribution is 2.30. The standard InChI is InChI=1S/C18H16O3/c1-11-8-9-14(18(20-3)12(11)2)17(19)15-10-21-16-7-5-4-6-13(15)16/h4-10H,1-3H3. The van der Waals surface area contributed by atoms with E-state index in [0.717, 1.165) is 16.5 Å². The lowest BCUT2D eigenvalue weighted by molar-refractivity contribution is 0.103. The number of hydrogen-bond acceptors (Lipinski definition) is 3. The van der Waals surface area contributed by atoms with Crippen molar-refractivity contribution in [2.45, 2.75) is 13.8 Å². The maximum atomic E-state index is 12.8. The molecule has 21 heavy (non-hydrogen) atoms. The predicted octanol–water partition coefficient (Wildman–Crippen LogP) is 4.29. The Labute approximate surface area is 123 Å². The molecule has 3 heteroatoms. The van der Waals surface area contributed by atoms with Crippen molar-refractivity contribution in [3.8, 4) is 5.75 Å². The summed E-state index contributed by atoms with van der Waals surface area (Å²) in [5, 5.41) is 0.822. The third kappa shape index (κ3) is 2.11. The highest BCUT2D eigenvalue weighted by molar-refractivity contribution is 6.17. The summed E-state index contributed by atoms with van der Waals surface area (Å²) in [5.41, 5.74) is 3.92. The van der Waals surface area contributed by atoms with Gasteiger partial charge in [0.1, 0.15) is 17.6 Å². The van der Waals surface area contributed by atoms with Crippen molar-refractivity contribution in [2.24, 2.45) is 0 Å². The van der Waals surface area contributed by atoms with Crippen LogP contribution in [0.2, 0.25) is 0 Å². The van der Waals surface area contributed by atoms with E-state index in [4.69, 9.17) is 9.15 Å². The fourth-order valence-corrected chi connectivity index (χ4v) is 2.53. The lowest BCUT2D eigenvalue weighted by atomic mass is 9.97. The van der Waals surface area contributed by atoms with E-state index in [1.807, 2.05) is 50.2 Å². The van der Waals surface area contributed by atoms with E-state index >= 15 is 0 Å². The van der Waals surface area contributed by atoms with Crippen LogP contribution < -0.4 is 4.74 Å². The Kier molecular flexibility index (Phi) is 3.26. The quantitative estimate of drug-likeness (QED) is 0.672. The van der Waals surface area contributed by atoms with Gasteiger partial charge in [0.05, 0.1) is 18.2 Å². The normalized spacial score (nSPS) is 10.8. The maximum absolute atomic E-state index is 12.8. The fourth-order valence-electron chi connectivity index (χ4n) is 2.53. The van der Waals surface area contributed by atoms with E-state index in [0.29, 0.717) is 22.5 Å². The second-order valence-corrected chi connectivity index (χ2v) is 5.06. The molecule has 0 saturated heterocycles. The minimum absolute atomic E-state index is 0.0834. The van der Waals surface area contributed by atoms with E-state index in [1.54, 1.807) is 7.11 Å². The highest BCUT2D eigenvalue weighted by Gasteiger charge is 2.20. The summed E-state index contributed by atoms with van der Waals surface area (Å²) >= 11 is 0. The van der Waals surface area contributed by atoms with E-state index < -0.39 is 0 Å². The molecule has 0 aliphatic rings. The zero-order valence-electron chi connectivity index (χ0n) is 12.3. The number of para-hydroxylation sites is 1. The number of carbonyl (C=O) groups excluding carboxylic acids is 1. The summed E-state index contributed by atoms with van der Waals surface area (Å²) in [6.07, 6.45) is 1.52. The first-order chi connectivity index (χ1) is 10.1. The third-order valence-corrected chi connectivity index (χ3v) is 3.85. The number of fused-ring (bicyclic) bond motifs is 1. The molecule has 0 spiro atoms. The zero-order valence-corrected chi connectivity index (χ0v) is 12.3. The average Bonchev–Trinajstić information content (AvgIpc) is 2.93. The molecule has 0 bridgehead atoms. The molecule has 0 fully saturated rings. The summed E-state index contributed by atoms with van der Waals surface area (Å²) in [6, 6.07) is 11.3. The van der Waals surface area contributed by atoms with E-state index in [-0.39, 0.29) is 5.78 Å². The Morgan fingerprint density at radius 1 is 1.05 bits per heavy atom. The first kappa shape index (κ1) is 13.4. The molecule has 3 aromatic rings. The third-order valence-electron chi connectivity index (χ3n) is 3.85. The SMILES string of the molecule is COc1c(C(=O)c2coc3ccccc23)ccc(C)c1C. The Hall–Kier alpha value is -2.55. The zero-order chi connectivity index (χ0) is 15.0. The van der Waals surface area contributed by atoms with Gasteiger partial charge in [0.25, 0.3) is 0 Å². The smallest absolute Gasteiger partial charge is 0.200 e. The van der Waals surface area contributed by atoms with Gasteiger partial charge in [-0.3, -0.25) is 4.79 Å². The highest BCUT2D eigenvalue weighted by atomic mass is 16.5. The molecule has 106 valence electrons. The Balaban J connectivity index is 2.17. The second-order valence-electron chi connectivity index (χ2n) is 5.06. The topological polar surface area (TPSA) is 39.4 Å². The number of rotatable bonds is 3. The van der Waals surface area contributed by atoms with Gasteiger partial charge in [0.15, 0.2) is 0 Å². The van der Waals surface area contributed by atoms with E-state index in [9.17, 15) is 4.79 Å². The van der Waals surface area contributed by atoms with Crippen LogP contribution in [0.5, 0.6) is 5.75 Å². The van der Waals surface area contributed by atoms with Gasteiger partial charge in [0, 0.05) is 5.39 Å². The first-order valence-electron chi connectivity index (χ1n) is 6.78. The van der Waals surface area contributed by atoms with Gasteiger partial charge < -0.3 is 9.15 Å². The monoisotopic (exact) mass is 280 g/mol. The lowest BCUT2D eigenvalue weighted by Crippen LogP contribution is -2.05. The first-order valence-corrected chi connectivity index (χ1v) is 6.78. The maximum Gasteiger partial charge on any atom is 0.200 e. The van der Waals surface area contributed by atoms with Crippen LogP contribution in [0, 0.1) is 13.8 Å². The summed E-state index contributed by atoms with van der Waals surface area (Å²) in [5.74, 6) is 0.546. The van der Waals surface area contributed by atoms with Crippen LogP contribution in [0.1, 0.15) is 27.0 Å². The minimum Gasteiger partial charge on any atom is -0.496 e. The molecule has 0 N–H and O–H groups in total. The molecule has 1 aromatic heterocycles. The van der Waals surface area contributed by atoms with Crippen LogP contribution in [-0.4, -0.2) is 12.9 Å². The number of hydrogen-bond donors (Lipinski definition) is 0. The Morgan fingerprint density at radius 3 is 2.57 bits per heavy atom. The van der Waals surface area contributed by atoms with Gasteiger partial charge >= 0.3 is 0 Å². The van der Waals surface area contributed by atoms with Crippen molar-refractivity contribution in [3.05, 3.63) is 64.9 Å². The van der Waals surface area contributed by atoms with Gasteiger partial charge in [-0.25, -0.2) is 0 Å². The molecule has 2 aromatic carbocycles. The van der Waals surface area contributed by atoms with Gasteiger partial charge in [-0.15, -0.1) is 0 Å². The molecule has 0 radical (unpaired) electrons. The number of furan rings is 1. The van der Waals surface area contributed by atoms with Crippen molar-refractivity contribution in [1.29, 1.82) is 0 Å². The molecule has 0 atom stereocenters. The van der Waals surface area contributed by atoms with E-state index in [2.05, 4.69) is 0 Å². The molecular formula is C18H16O3. The molecule has 0 aliphatic carbocycles. The molecule has 0 unspecified atom stereocenters. The number of benzene rings is 2. The molecule has 0 saturated carbocycles. The van der Waals surface area contributed by atoms with Crippen LogP contribution in [0.25, 0.3) is 11.0 Å². The lowest BCUT2D eigenvalue weighted by Gasteiger charge is -2.12. The number of ketones is 1. The Morgan fingerprint density at radius 2 is 1.81 bits per heavy atom. The van der Waals surface area contributed by atoms with Gasteiger partial charge in [0.2, 0.25) is 5.78 Å². The number of ether oxygens (including phenoxy) is 1. The average molecular weight is 280 g/mol. The van der Waals surface area contributed by atoms with Crippen molar-refractivity contribution in [2.75, 3.05) is 7.11 Å². The van der Waals surface area contributed by atoms with E-state index in [1.165, 1.54) is 6.26 Å². The van der Waals surface area contributed by atoms with Crippen LogP contribution in [-0.2, 0) is 0 Å². The van der Waals surface area contributed by atoms with Crippen LogP contribution in [0.15, 0.2) is 47.1 Å². The molecule has 1 heterocycles. The summed E-state index contributed by atoms with van der Waals surface area (Å²) in [6.45, 7) is 3.96. The van der Waals surface area contributed by atoms with Gasteiger partial charge in [-0.2, -0.15) is 0 Å². The van der Waals surface area contributed by atoms with Crippen LogP contribution >= 0.6 is 0 Å². The number of carbonyl (C=O) groups is 1. The van der Waals surface area contributed by atoms with Crippen LogP contribution in [0.4, 0.5) is 0 Å². The predicted molar refractivity (Wildman–Crippen MR) is 82.1 cm³/mol. The summed E-state index contributed by atoms with van der Waals surface area (Å²) in [4.78, 5) is 12.8. The molecular weight excluding hydrogens is 264 g/mol. The summed E-state index contributed by atoms with van der Waals surface area (Å²) in [7, 11) is 1.59. The van der Waals surface area contributed by atoms with Crippen molar-refractivity contribution in [3.63, 3.8) is 0 Å². The molecule has 3 rings (SSSR count). The molecule has 0 amide bonds. The molecule has 3 nitrogen and oxygen atoms in total. The summed E-state index contributed by atoms with van der Waals surface area (Å²) < 4.78 is 10.9. The fraction of sp³-hybridized carbons (Fsp3) is 0.167. The second kappa shape index (κ2) is 5.09. The molecule has 0 aliphatic heterocycles. The van der Waals surface area contributed by atoms with Crippen molar-refractivity contribution in [1.82, 2.24) is 0 Å². The van der Waals surface area contributed by atoms with Crippen LogP contribution in [0.3, 0.4) is 0 Å².